The van der Waals surface area contributed by atoms with Gasteiger partial charge in [0.25, 0.3) is 5.91 Å². The van der Waals surface area contributed by atoms with Gasteiger partial charge in [0.1, 0.15) is 0 Å². The first-order valence-corrected chi connectivity index (χ1v) is 13.2. The van der Waals surface area contributed by atoms with E-state index in [9.17, 15) is 10.1 Å². The van der Waals surface area contributed by atoms with E-state index in [2.05, 4.69) is 28.7 Å². The molecule has 3 heterocycles. The van der Waals surface area contributed by atoms with Crippen LogP contribution in [0.15, 0.2) is 81.7 Å². The number of aromatic nitrogens is 1. The third kappa shape index (κ3) is 3.94. The number of anilines is 2. The van der Waals surface area contributed by atoms with Gasteiger partial charge in [-0.15, -0.1) is 10.5 Å². The molecule has 8 heteroatoms. The highest BCUT2D eigenvalue weighted by Gasteiger charge is 2.37. The maximum Gasteiger partial charge on any atom is 0.272 e. The Labute approximate surface area is 204 Å². The van der Waals surface area contributed by atoms with Gasteiger partial charge >= 0.3 is 0 Å². The smallest absolute Gasteiger partial charge is 0.272 e. The van der Waals surface area contributed by atoms with Crippen LogP contribution in [-0.2, 0) is 4.79 Å². The summed E-state index contributed by atoms with van der Waals surface area (Å²) < 4.78 is 1.14. The van der Waals surface area contributed by atoms with Crippen molar-refractivity contribution >= 4 is 56.5 Å². The second kappa shape index (κ2) is 9.29. The van der Waals surface area contributed by atoms with Crippen molar-refractivity contribution in [1.82, 2.24) is 4.98 Å². The Morgan fingerprint density at radius 3 is 2.74 bits per heavy atom. The molecule has 1 fully saturated rings. The van der Waals surface area contributed by atoms with Gasteiger partial charge < -0.3 is 5.32 Å². The minimum Gasteiger partial charge on any atom is -0.384 e. The van der Waals surface area contributed by atoms with Crippen LogP contribution in [0.4, 0.5) is 17.1 Å². The highest BCUT2D eigenvalue weighted by molar-refractivity contribution is 8.20. The Bertz CT molecular complexity index is 1540. The summed E-state index contributed by atoms with van der Waals surface area (Å²) in [7, 11) is -0.259. The summed E-state index contributed by atoms with van der Waals surface area (Å²) >= 11 is 1.37. The van der Waals surface area contributed by atoms with Crippen LogP contribution >= 0.6 is 22.2 Å². The first kappa shape index (κ1) is 22.1. The van der Waals surface area contributed by atoms with E-state index in [1.807, 2.05) is 55.5 Å². The van der Waals surface area contributed by atoms with E-state index in [0.29, 0.717) is 27.9 Å². The third-order valence-electron chi connectivity index (χ3n) is 5.46. The van der Waals surface area contributed by atoms with Crippen molar-refractivity contribution in [3.05, 3.63) is 92.1 Å². The second-order valence-corrected chi connectivity index (χ2v) is 10.5. The van der Waals surface area contributed by atoms with E-state index in [-0.39, 0.29) is 16.4 Å². The largest absolute Gasteiger partial charge is 0.384 e. The lowest BCUT2D eigenvalue weighted by Gasteiger charge is -2.16. The molecule has 1 N–H and O–H groups in total. The van der Waals surface area contributed by atoms with Gasteiger partial charge in [-0.05, 0) is 73.5 Å². The van der Waals surface area contributed by atoms with Crippen molar-refractivity contribution in [3.63, 3.8) is 0 Å². The van der Waals surface area contributed by atoms with E-state index in [4.69, 9.17) is 4.99 Å². The lowest BCUT2D eigenvalue weighted by molar-refractivity contribution is -0.113. The molecular weight excluding hydrogens is 462 g/mol. The van der Waals surface area contributed by atoms with Crippen molar-refractivity contribution in [3.8, 4) is 6.07 Å². The molecule has 2 aliphatic heterocycles. The molecule has 0 radical (unpaired) electrons. The summed E-state index contributed by atoms with van der Waals surface area (Å²) in [5, 5.41) is 14.2. The number of pyridine rings is 1. The molecule has 6 nitrogen and oxygen atoms in total. The van der Waals surface area contributed by atoms with Gasteiger partial charge in [0.15, 0.2) is 5.17 Å². The minimum absolute atomic E-state index is 0.102. The molecule has 34 heavy (non-hydrogen) atoms. The number of rotatable bonds is 4. The fourth-order valence-electron chi connectivity index (χ4n) is 3.84. The highest BCUT2D eigenvalue weighted by atomic mass is 32.2. The van der Waals surface area contributed by atoms with Gasteiger partial charge in [0.05, 0.1) is 38.9 Å². The summed E-state index contributed by atoms with van der Waals surface area (Å²) in [6, 6.07) is 21.1. The van der Waals surface area contributed by atoms with Crippen LogP contribution in [0.1, 0.15) is 12.5 Å². The number of aliphatic imine (C=N–C) groups is 1. The number of hydrogen-bond acceptors (Lipinski definition) is 6. The van der Waals surface area contributed by atoms with Crippen LogP contribution in [-0.4, -0.2) is 28.9 Å². The number of allylic oxidation sites excluding steroid dienone is 1. The number of nitriles is 1. The first-order chi connectivity index (χ1) is 16.6. The standard InChI is InChI=1S/C26H21N5OS2/c1-3-28-19-12-11-17(16-27)14-20(19)30-26-31(18-8-5-4-6-9-18)25(32)24(33-26)23-15-21-22(34(23)2)10-7-13-29-21/h4-15,28H,3H2,1-2H3. The summed E-state index contributed by atoms with van der Waals surface area (Å²) in [5.74, 6) is -0.102. The van der Waals surface area contributed by atoms with Crippen LogP contribution < -0.4 is 15.6 Å². The van der Waals surface area contributed by atoms with Gasteiger partial charge in [0.2, 0.25) is 0 Å². The zero-order valence-corrected chi connectivity index (χ0v) is 20.3. The average molecular weight is 484 g/mol. The van der Waals surface area contributed by atoms with Crippen LogP contribution in [0, 0.1) is 15.8 Å². The molecule has 2 aliphatic rings. The number of nitrogens with zero attached hydrogens (tertiary/aromatic N) is 4. The van der Waals surface area contributed by atoms with Crippen molar-refractivity contribution in [1.29, 1.82) is 5.26 Å². The molecule has 0 aliphatic carbocycles. The Balaban J connectivity index is 1.69. The van der Waals surface area contributed by atoms with Gasteiger partial charge in [0, 0.05) is 22.2 Å². The van der Waals surface area contributed by atoms with E-state index in [1.54, 1.807) is 23.2 Å². The molecule has 3 aromatic rings. The Morgan fingerprint density at radius 2 is 2.00 bits per heavy atom. The molecule has 1 saturated heterocycles. The molecule has 5 rings (SSSR count). The molecule has 1 atom stereocenters. The number of benzene rings is 2. The normalized spacial score (nSPS) is 20.3. The Morgan fingerprint density at radius 1 is 1.18 bits per heavy atom. The predicted octanol–water partition coefficient (Wildman–Crippen LogP) is 5.01. The fraction of sp³-hybridized carbons (Fsp3) is 0.115. The fourth-order valence-corrected chi connectivity index (χ4v) is 6.89. The number of amides is 1. The lowest BCUT2D eigenvalue weighted by Crippen LogP contribution is -2.28. The SMILES string of the molecule is CCNc1ccc(C#N)cc1N=C1SC(=C2C=c3ncccc3=S2C)C(=O)N1c1ccccc1. The van der Waals surface area contributed by atoms with E-state index in [0.717, 1.165) is 26.1 Å². The zero-order valence-electron chi connectivity index (χ0n) is 18.6. The number of thioether (sulfide) groups is 1. The molecule has 0 bridgehead atoms. The highest BCUT2D eigenvalue weighted by Crippen LogP contribution is 2.44. The van der Waals surface area contributed by atoms with Crippen molar-refractivity contribution in [2.75, 3.05) is 23.0 Å². The predicted molar refractivity (Wildman–Crippen MR) is 142 cm³/mol. The first-order valence-electron chi connectivity index (χ1n) is 10.7. The van der Waals surface area contributed by atoms with E-state index >= 15 is 0 Å². The Kier molecular flexibility index (Phi) is 6.05. The Hall–Kier alpha value is -3.67. The van der Waals surface area contributed by atoms with Crippen LogP contribution in [0.25, 0.3) is 6.08 Å². The zero-order chi connectivity index (χ0) is 23.7. The van der Waals surface area contributed by atoms with E-state index in [1.165, 1.54) is 11.8 Å². The van der Waals surface area contributed by atoms with Gasteiger partial charge in [-0.3, -0.25) is 14.7 Å². The molecule has 0 saturated carbocycles. The van der Waals surface area contributed by atoms with Crippen LogP contribution in [0.5, 0.6) is 0 Å². The number of amidine groups is 1. The number of carbonyl (C=O) groups is 1. The van der Waals surface area contributed by atoms with Gasteiger partial charge in [-0.1, -0.05) is 18.2 Å². The molecule has 1 unspecified atom stereocenters. The maximum absolute atomic E-state index is 13.8. The van der Waals surface area contributed by atoms with Crippen molar-refractivity contribution in [2.45, 2.75) is 6.92 Å². The van der Waals surface area contributed by atoms with Crippen molar-refractivity contribution < 1.29 is 4.79 Å². The summed E-state index contributed by atoms with van der Waals surface area (Å²) in [4.78, 5) is 26.5. The summed E-state index contributed by atoms with van der Waals surface area (Å²) in [6.45, 7) is 2.72. The topological polar surface area (TPSA) is 81.4 Å². The number of nitrogens with one attached hydrogen (secondary N) is 1. The molecule has 1 aromatic heterocycles. The monoisotopic (exact) mass is 483 g/mol. The maximum atomic E-state index is 13.8. The molecule has 2 aromatic carbocycles. The lowest BCUT2D eigenvalue weighted by atomic mass is 10.2. The van der Waals surface area contributed by atoms with Gasteiger partial charge in [-0.25, -0.2) is 4.99 Å². The van der Waals surface area contributed by atoms with Crippen LogP contribution in [0.3, 0.4) is 0 Å². The summed E-state index contributed by atoms with van der Waals surface area (Å²) in [5.41, 5.74) is 2.70. The van der Waals surface area contributed by atoms with E-state index < -0.39 is 0 Å². The molecule has 168 valence electrons. The number of hydrogen-bond donors (Lipinski definition) is 1. The number of carbonyl (C=O) groups excluding carboxylic acids is 1. The third-order valence-corrected chi connectivity index (χ3v) is 8.63. The summed E-state index contributed by atoms with van der Waals surface area (Å²) in [6.07, 6.45) is 5.92. The molecule has 0 spiro atoms. The average Bonchev–Trinajstić information content (AvgIpc) is 3.37. The number of fused-ring (bicyclic) bond motifs is 1. The minimum atomic E-state index is -0.259. The van der Waals surface area contributed by atoms with Crippen molar-refractivity contribution in [2.24, 2.45) is 4.99 Å². The quantitative estimate of drug-likeness (QED) is 0.417. The van der Waals surface area contributed by atoms with Crippen LogP contribution in [0.2, 0.25) is 0 Å². The molecular formula is C26H21N5OS2. The molecule has 1 amide bonds. The second-order valence-electron chi connectivity index (χ2n) is 7.58. The number of para-hydroxylation sites is 1. The van der Waals surface area contributed by atoms with Gasteiger partial charge in [-0.2, -0.15) is 5.26 Å².